The summed E-state index contributed by atoms with van der Waals surface area (Å²) < 4.78 is 0.938. The molecule has 0 aromatic heterocycles. The molecule has 0 heterocycles. The van der Waals surface area contributed by atoms with Crippen LogP contribution in [0.15, 0.2) is 22.7 Å². The van der Waals surface area contributed by atoms with Crippen LogP contribution in [0.3, 0.4) is 0 Å². The van der Waals surface area contributed by atoms with Gasteiger partial charge in [0.1, 0.15) is 0 Å². The average Bonchev–Trinajstić information content (AvgIpc) is 2.03. The molecule has 1 rings (SSSR count). The zero-order valence-electron chi connectivity index (χ0n) is 7.22. The molecule has 67 valence electrons. The van der Waals surface area contributed by atoms with Gasteiger partial charge in [0.15, 0.2) is 0 Å². The van der Waals surface area contributed by atoms with Crippen LogP contribution in [0.25, 0.3) is 0 Å². The molecule has 0 spiro atoms. The number of ketones is 1. The number of hydrogen-bond donors (Lipinski definition) is 0. The van der Waals surface area contributed by atoms with Gasteiger partial charge in [-0.25, -0.2) is 0 Å². The van der Waals surface area contributed by atoms with Gasteiger partial charge in [0.05, 0.1) is 5.78 Å². The Morgan fingerprint density at radius 2 is 2.08 bits per heavy atom. The minimum Gasteiger partial charge on any atom is -0.337 e. The first kappa shape index (κ1) is 13.3. The van der Waals surface area contributed by atoms with E-state index in [9.17, 15) is 4.79 Å². The number of hydrogen-bond acceptors (Lipinski definition) is 1. The molecule has 1 aromatic carbocycles. The Morgan fingerprint density at radius 3 is 2.54 bits per heavy atom. The summed E-state index contributed by atoms with van der Waals surface area (Å²) >= 11 is 3.30. The summed E-state index contributed by atoms with van der Waals surface area (Å²) in [7, 11) is 0. The molecule has 0 saturated carbocycles. The second kappa shape index (κ2) is 5.95. The van der Waals surface area contributed by atoms with Gasteiger partial charge in [-0.2, -0.15) is 12.5 Å². The standard InChI is InChI=1S/C10H9BrO.Y/c1-3-10(12)9-5-4-8(11)6-7(9)2;/h4-6H,1-3H2;/q-2;. The molecule has 1 aromatic rings. The molecule has 0 unspecified atom stereocenters. The molecule has 3 heteroatoms. The summed E-state index contributed by atoms with van der Waals surface area (Å²) in [5.41, 5.74) is 1.41. The first-order valence-electron chi connectivity index (χ1n) is 3.59. The van der Waals surface area contributed by atoms with E-state index in [0.717, 1.165) is 10.0 Å². The van der Waals surface area contributed by atoms with E-state index in [4.69, 9.17) is 0 Å². The number of carbonyl (C=O) groups is 1. The van der Waals surface area contributed by atoms with Crippen molar-refractivity contribution in [3.8, 4) is 0 Å². The molecule has 0 fully saturated rings. The van der Waals surface area contributed by atoms with Gasteiger partial charge in [-0.3, -0.25) is 0 Å². The van der Waals surface area contributed by atoms with Crippen molar-refractivity contribution < 1.29 is 37.5 Å². The van der Waals surface area contributed by atoms with Gasteiger partial charge < -0.3 is 11.7 Å². The molecule has 1 nitrogen and oxygen atoms in total. The molecule has 0 bridgehead atoms. The fourth-order valence-corrected chi connectivity index (χ4v) is 1.38. The Balaban J connectivity index is 0.00000144. The van der Waals surface area contributed by atoms with Crippen molar-refractivity contribution in [2.75, 3.05) is 0 Å². The molecule has 0 aliphatic carbocycles. The second-order valence-corrected chi connectivity index (χ2v) is 3.39. The van der Waals surface area contributed by atoms with E-state index in [0.29, 0.717) is 5.56 Å². The van der Waals surface area contributed by atoms with Crippen LogP contribution in [-0.2, 0) is 32.7 Å². The maximum Gasteiger partial charge on any atom is 0.0792 e. The Hall–Kier alpha value is 0.344. The second-order valence-electron chi connectivity index (χ2n) is 2.47. The predicted molar refractivity (Wildman–Crippen MR) is 52.9 cm³/mol. The molecule has 0 atom stereocenters. The van der Waals surface area contributed by atoms with E-state index >= 15 is 0 Å². The summed E-state index contributed by atoms with van der Waals surface area (Å²) in [6.45, 7) is 7.31. The topological polar surface area (TPSA) is 17.1 Å². The van der Waals surface area contributed by atoms with Crippen molar-refractivity contribution in [2.45, 2.75) is 6.42 Å². The van der Waals surface area contributed by atoms with Crippen LogP contribution in [-0.4, -0.2) is 5.78 Å². The van der Waals surface area contributed by atoms with Crippen molar-refractivity contribution >= 4 is 21.7 Å². The maximum absolute atomic E-state index is 11.2. The molecule has 0 aliphatic heterocycles. The third-order valence-electron chi connectivity index (χ3n) is 1.59. The zero-order valence-corrected chi connectivity index (χ0v) is 11.6. The molecule has 13 heavy (non-hydrogen) atoms. The zero-order chi connectivity index (χ0) is 9.14. The van der Waals surface area contributed by atoms with E-state index in [1.165, 1.54) is 0 Å². The largest absolute Gasteiger partial charge is 0.337 e. The van der Waals surface area contributed by atoms with Crippen LogP contribution in [0.2, 0.25) is 0 Å². The Bertz CT molecular complexity index is 310. The van der Waals surface area contributed by atoms with Crippen LogP contribution < -0.4 is 0 Å². The quantitative estimate of drug-likeness (QED) is 0.606. The van der Waals surface area contributed by atoms with Gasteiger partial charge in [-0.1, -0.05) is 27.6 Å². The average molecular weight is 314 g/mol. The number of carbonyl (C=O) groups excluding carboxylic acids is 1. The number of Topliss-reactive ketones (excluding diaryl/α,β-unsaturated/α-hetero) is 1. The van der Waals surface area contributed by atoms with Crippen LogP contribution in [0.4, 0.5) is 0 Å². The fraction of sp³-hybridized carbons (Fsp3) is 0.100. The number of halogens is 1. The summed E-state index contributed by atoms with van der Waals surface area (Å²) in [5.74, 6) is 0.0347. The SMILES string of the molecule is [CH2-]CC(=O)c1ccc(Br)cc1[CH2-].[Y]. The minimum absolute atomic E-state index is 0. The van der Waals surface area contributed by atoms with Crippen LogP contribution >= 0.6 is 15.9 Å². The van der Waals surface area contributed by atoms with Gasteiger partial charge >= 0.3 is 0 Å². The molecule has 0 amide bonds. The maximum atomic E-state index is 11.2. The minimum atomic E-state index is 0. The van der Waals surface area contributed by atoms with Gasteiger partial charge in [-0.05, 0) is 4.47 Å². The van der Waals surface area contributed by atoms with E-state index in [1.807, 2.05) is 12.1 Å². The Labute approximate surface area is 112 Å². The van der Waals surface area contributed by atoms with Gasteiger partial charge in [0.2, 0.25) is 0 Å². The van der Waals surface area contributed by atoms with E-state index in [2.05, 4.69) is 29.8 Å². The predicted octanol–water partition coefficient (Wildman–Crippen LogP) is 3.04. The smallest absolute Gasteiger partial charge is 0.0792 e. The third-order valence-corrected chi connectivity index (χ3v) is 2.09. The molecule has 0 saturated heterocycles. The number of rotatable bonds is 2. The molecular formula is C10H9BrOY-2. The monoisotopic (exact) mass is 313 g/mol. The van der Waals surface area contributed by atoms with Gasteiger partial charge in [0, 0.05) is 32.7 Å². The van der Waals surface area contributed by atoms with Crippen molar-refractivity contribution in [3.05, 3.63) is 47.6 Å². The molecule has 1 radical (unpaired) electrons. The van der Waals surface area contributed by atoms with Crippen LogP contribution in [0.1, 0.15) is 22.3 Å². The van der Waals surface area contributed by atoms with Gasteiger partial charge in [0.25, 0.3) is 0 Å². The fourth-order valence-electron chi connectivity index (χ4n) is 0.969. The van der Waals surface area contributed by atoms with E-state index in [1.54, 1.807) is 6.07 Å². The summed E-state index contributed by atoms with van der Waals surface area (Å²) in [6.07, 6.45) is 0.282. The summed E-state index contributed by atoms with van der Waals surface area (Å²) in [5, 5.41) is 0. The summed E-state index contributed by atoms with van der Waals surface area (Å²) in [6, 6.07) is 5.42. The van der Waals surface area contributed by atoms with Crippen LogP contribution in [0, 0.1) is 13.8 Å². The van der Waals surface area contributed by atoms with Crippen molar-refractivity contribution in [1.29, 1.82) is 0 Å². The van der Waals surface area contributed by atoms with Crippen molar-refractivity contribution in [2.24, 2.45) is 0 Å². The Kier molecular flexibility index (Phi) is 6.10. The summed E-state index contributed by atoms with van der Waals surface area (Å²) in [4.78, 5) is 11.2. The van der Waals surface area contributed by atoms with Crippen molar-refractivity contribution in [1.82, 2.24) is 0 Å². The molecule has 0 aliphatic rings. The van der Waals surface area contributed by atoms with Gasteiger partial charge in [-0.15, -0.1) is 18.6 Å². The number of benzene rings is 1. The Morgan fingerprint density at radius 1 is 1.46 bits per heavy atom. The third kappa shape index (κ3) is 3.53. The first-order valence-corrected chi connectivity index (χ1v) is 4.38. The van der Waals surface area contributed by atoms with Crippen molar-refractivity contribution in [3.63, 3.8) is 0 Å². The normalized spacial score (nSPS) is 9.08. The first-order chi connectivity index (χ1) is 5.65. The van der Waals surface area contributed by atoms with E-state index in [-0.39, 0.29) is 44.9 Å². The molecular weight excluding hydrogens is 305 g/mol. The van der Waals surface area contributed by atoms with Crippen LogP contribution in [0.5, 0.6) is 0 Å². The molecule has 0 N–H and O–H groups in total. The van der Waals surface area contributed by atoms with E-state index < -0.39 is 0 Å².